The van der Waals surface area contributed by atoms with Gasteiger partial charge in [-0.05, 0) is 18.2 Å². The van der Waals surface area contributed by atoms with Crippen LogP contribution in [0.5, 0.6) is 5.75 Å². The van der Waals surface area contributed by atoms with E-state index in [2.05, 4.69) is 0 Å². The zero-order valence-electron chi connectivity index (χ0n) is 12.4. The van der Waals surface area contributed by atoms with Gasteiger partial charge in [0.15, 0.2) is 6.61 Å². The summed E-state index contributed by atoms with van der Waals surface area (Å²) in [6.07, 6.45) is 0. The minimum atomic E-state index is -1.11. The average Bonchev–Trinajstić information content (AvgIpc) is 2.57. The quantitative estimate of drug-likeness (QED) is 0.840. The third kappa shape index (κ3) is 3.11. The molecule has 1 N–H and O–H groups in total. The zero-order valence-corrected chi connectivity index (χ0v) is 12.4. The highest BCUT2D eigenvalue weighted by molar-refractivity contribution is 6.03. The van der Waals surface area contributed by atoms with Gasteiger partial charge >= 0.3 is 5.97 Å². The van der Waals surface area contributed by atoms with Gasteiger partial charge in [0.05, 0.1) is 24.5 Å². The third-order valence-corrected chi connectivity index (χ3v) is 3.81. The van der Waals surface area contributed by atoms with E-state index in [9.17, 15) is 14.4 Å². The number of anilines is 1. The van der Waals surface area contributed by atoms with Gasteiger partial charge in [0.25, 0.3) is 5.91 Å². The summed E-state index contributed by atoms with van der Waals surface area (Å²) >= 11 is 0. The van der Waals surface area contributed by atoms with Crippen molar-refractivity contribution in [2.45, 2.75) is 0 Å². The predicted octanol–water partition coefficient (Wildman–Crippen LogP) is -0.0310. The summed E-state index contributed by atoms with van der Waals surface area (Å²) in [5.41, 5.74) is 0.341. The van der Waals surface area contributed by atoms with Gasteiger partial charge < -0.3 is 19.5 Å². The van der Waals surface area contributed by atoms with Crippen LogP contribution in [0.1, 0.15) is 10.4 Å². The van der Waals surface area contributed by atoms with Gasteiger partial charge in [-0.3, -0.25) is 14.5 Å². The van der Waals surface area contributed by atoms with Crippen LogP contribution < -0.4 is 9.64 Å². The second-order valence-corrected chi connectivity index (χ2v) is 5.25. The maximum Gasteiger partial charge on any atom is 0.335 e. The van der Waals surface area contributed by atoms with Crippen molar-refractivity contribution in [3.8, 4) is 5.75 Å². The Balaban J connectivity index is 1.84. The standard InChI is InChI=1S/C15H16N2O6/c18-13(16-3-5-22-6-4-16)8-17-11-7-10(15(20)21)1-2-12(11)23-9-14(17)19/h1-2,7H,3-6,8-9H2,(H,20,21). The average molecular weight is 320 g/mol. The second-order valence-electron chi connectivity index (χ2n) is 5.25. The Labute approximate surface area is 132 Å². The smallest absolute Gasteiger partial charge is 0.335 e. The number of morpholine rings is 1. The van der Waals surface area contributed by atoms with Crippen molar-refractivity contribution in [1.29, 1.82) is 0 Å². The lowest BCUT2D eigenvalue weighted by atomic mass is 10.1. The molecule has 0 unspecified atom stereocenters. The maximum atomic E-state index is 12.4. The highest BCUT2D eigenvalue weighted by Crippen LogP contribution is 2.33. The Bertz CT molecular complexity index is 653. The Morgan fingerprint density at radius 2 is 1.96 bits per heavy atom. The summed E-state index contributed by atoms with van der Waals surface area (Å²) in [6, 6.07) is 4.25. The van der Waals surface area contributed by atoms with Crippen molar-refractivity contribution in [3.63, 3.8) is 0 Å². The number of rotatable bonds is 3. The third-order valence-electron chi connectivity index (χ3n) is 3.81. The first kappa shape index (κ1) is 15.3. The summed E-state index contributed by atoms with van der Waals surface area (Å²) in [7, 11) is 0. The van der Waals surface area contributed by atoms with Crippen LogP contribution in [0.25, 0.3) is 0 Å². The molecule has 2 aliphatic heterocycles. The molecule has 0 spiro atoms. The summed E-state index contributed by atoms with van der Waals surface area (Å²) in [5, 5.41) is 9.09. The van der Waals surface area contributed by atoms with Crippen LogP contribution in [-0.4, -0.2) is 67.2 Å². The van der Waals surface area contributed by atoms with E-state index in [1.165, 1.54) is 23.1 Å². The molecule has 0 aromatic heterocycles. The molecule has 2 aliphatic rings. The molecule has 0 atom stereocenters. The maximum absolute atomic E-state index is 12.4. The molecule has 0 radical (unpaired) electrons. The Morgan fingerprint density at radius 1 is 1.22 bits per heavy atom. The minimum Gasteiger partial charge on any atom is -0.482 e. The van der Waals surface area contributed by atoms with Crippen molar-refractivity contribution < 1.29 is 29.0 Å². The van der Waals surface area contributed by atoms with E-state index in [-0.39, 0.29) is 30.5 Å². The number of aromatic carboxylic acids is 1. The van der Waals surface area contributed by atoms with E-state index in [1.54, 1.807) is 4.90 Å². The second kappa shape index (κ2) is 6.25. The van der Waals surface area contributed by atoms with Gasteiger partial charge in [0, 0.05) is 13.1 Å². The number of carbonyl (C=O) groups is 3. The molecule has 2 heterocycles. The molecule has 0 bridgehead atoms. The van der Waals surface area contributed by atoms with Gasteiger partial charge in [0.2, 0.25) is 5.91 Å². The first-order valence-electron chi connectivity index (χ1n) is 7.22. The Kier molecular flexibility index (Phi) is 4.16. The molecule has 1 fully saturated rings. The van der Waals surface area contributed by atoms with Crippen LogP contribution in [0.2, 0.25) is 0 Å². The van der Waals surface area contributed by atoms with Crippen molar-refractivity contribution >= 4 is 23.5 Å². The van der Waals surface area contributed by atoms with Gasteiger partial charge in [-0.25, -0.2) is 4.79 Å². The normalized spacial score (nSPS) is 17.5. The molecular weight excluding hydrogens is 304 g/mol. The van der Waals surface area contributed by atoms with E-state index in [1.807, 2.05) is 0 Å². The fourth-order valence-electron chi connectivity index (χ4n) is 2.56. The highest BCUT2D eigenvalue weighted by Gasteiger charge is 2.30. The van der Waals surface area contributed by atoms with Crippen molar-refractivity contribution in [3.05, 3.63) is 23.8 Å². The number of hydrogen-bond donors (Lipinski definition) is 1. The van der Waals surface area contributed by atoms with Crippen LogP contribution in [0.3, 0.4) is 0 Å². The molecular formula is C15H16N2O6. The van der Waals surface area contributed by atoms with Gasteiger partial charge in [-0.2, -0.15) is 0 Å². The molecule has 1 saturated heterocycles. The van der Waals surface area contributed by atoms with Gasteiger partial charge in [-0.1, -0.05) is 0 Å². The first-order valence-corrected chi connectivity index (χ1v) is 7.22. The fraction of sp³-hybridized carbons (Fsp3) is 0.400. The Morgan fingerprint density at radius 3 is 2.65 bits per heavy atom. The number of amides is 2. The number of carboxylic acid groups (broad SMARTS) is 1. The molecule has 1 aromatic carbocycles. The fourth-order valence-corrected chi connectivity index (χ4v) is 2.56. The number of fused-ring (bicyclic) bond motifs is 1. The van der Waals surface area contributed by atoms with Gasteiger partial charge in [-0.15, -0.1) is 0 Å². The summed E-state index contributed by atoms with van der Waals surface area (Å²) in [5.74, 6) is -1.29. The van der Waals surface area contributed by atoms with E-state index in [0.717, 1.165) is 0 Å². The van der Waals surface area contributed by atoms with Crippen LogP contribution in [0, 0.1) is 0 Å². The Hall–Kier alpha value is -2.61. The minimum absolute atomic E-state index is 0.0332. The number of hydrogen-bond acceptors (Lipinski definition) is 5. The molecule has 8 heteroatoms. The van der Waals surface area contributed by atoms with E-state index < -0.39 is 5.97 Å². The van der Waals surface area contributed by atoms with Crippen molar-refractivity contribution in [2.75, 3.05) is 44.4 Å². The van der Waals surface area contributed by atoms with Gasteiger partial charge in [0.1, 0.15) is 12.3 Å². The highest BCUT2D eigenvalue weighted by atomic mass is 16.5. The number of carbonyl (C=O) groups excluding carboxylic acids is 2. The monoisotopic (exact) mass is 320 g/mol. The SMILES string of the molecule is O=C(O)c1ccc2c(c1)N(CC(=O)N1CCOCC1)C(=O)CO2. The lowest BCUT2D eigenvalue weighted by molar-refractivity contribution is -0.135. The van der Waals surface area contributed by atoms with E-state index in [4.69, 9.17) is 14.6 Å². The molecule has 8 nitrogen and oxygen atoms in total. The molecule has 23 heavy (non-hydrogen) atoms. The van der Waals surface area contributed by atoms with E-state index in [0.29, 0.717) is 37.7 Å². The number of ether oxygens (including phenoxy) is 2. The summed E-state index contributed by atoms with van der Waals surface area (Å²) in [6.45, 7) is 1.61. The molecule has 0 aliphatic carbocycles. The van der Waals surface area contributed by atoms with Crippen LogP contribution in [-0.2, 0) is 14.3 Å². The predicted molar refractivity (Wildman–Crippen MR) is 78.6 cm³/mol. The van der Waals surface area contributed by atoms with Crippen LogP contribution in [0.4, 0.5) is 5.69 Å². The zero-order chi connectivity index (χ0) is 16.4. The van der Waals surface area contributed by atoms with Crippen molar-refractivity contribution in [2.24, 2.45) is 0 Å². The molecule has 2 amide bonds. The number of benzene rings is 1. The topological polar surface area (TPSA) is 96.4 Å². The summed E-state index contributed by atoms with van der Waals surface area (Å²) < 4.78 is 10.5. The lowest BCUT2D eigenvalue weighted by Gasteiger charge is -2.32. The number of carboxylic acids is 1. The number of nitrogens with zero attached hydrogens (tertiary/aromatic N) is 2. The first-order chi connectivity index (χ1) is 11.1. The molecule has 1 aromatic rings. The lowest BCUT2D eigenvalue weighted by Crippen LogP contribution is -2.49. The molecule has 3 rings (SSSR count). The molecule has 122 valence electrons. The van der Waals surface area contributed by atoms with E-state index >= 15 is 0 Å². The van der Waals surface area contributed by atoms with Crippen molar-refractivity contribution in [1.82, 2.24) is 4.90 Å². The van der Waals surface area contributed by atoms with Crippen LogP contribution >= 0.6 is 0 Å². The largest absolute Gasteiger partial charge is 0.482 e. The molecule has 0 saturated carbocycles. The van der Waals surface area contributed by atoms with Crippen LogP contribution in [0.15, 0.2) is 18.2 Å². The summed E-state index contributed by atoms with van der Waals surface area (Å²) in [4.78, 5) is 38.5.